The van der Waals surface area contributed by atoms with E-state index in [1.807, 2.05) is 98.7 Å². The summed E-state index contributed by atoms with van der Waals surface area (Å²) in [5, 5.41) is 0. The van der Waals surface area contributed by atoms with E-state index in [4.69, 9.17) is 11.6 Å². The normalized spacial score (nSPS) is 16.7. The molecule has 5 nitrogen and oxygen atoms in total. The highest BCUT2D eigenvalue weighted by molar-refractivity contribution is 6.27. The van der Waals surface area contributed by atoms with Crippen LogP contribution in [0.1, 0.15) is 11.1 Å². The molecule has 162 valence electrons. The summed E-state index contributed by atoms with van der Waals surface area (Å²) < 4.78 is 0. The van der Waals surface area contributed by atoms with Gasteiger partial charge in [0.25, 0.3) is 0 Å². The highest BCUT2D eigenvalue weighted by Gasteiger charge is 2.28. The van der Waals surface area contributed by atoms with E-state index in [1.165, 1.54) is 0 Å². The van der Waals surface area contributed by atoms with Gasteiger partial charge in [0.2, 0.25) is 5.91 Å². The molecule has 3 rings (SSSR count). The molecule has 0 N–H and O–H groups in total. The minimum atomic E-state index is -0.183. The smallest absolute Gasteiger partial charge is 0.238 e. The summed E-state index contributed by atoms with van der Waals surface area (Å²) in [7, 11) is 7.93. The summed E-state index contributed by atoms with van der Waals surface area (Å²) in [6.07, 6.45) is 3.72. The number of benzene rings is 2. The van der Waals surface area contributed by atoms with Crippen LogP contribution in [-0.4, -0.2) is 63.8 Å². The number of carbonyl (C=O) groups excluding carboxylic acids is 2. The van der Waals surface area contributed by atoms with Gasteiger partial charge in [0, 0.05) is 63.8 Å². The van der Waals surface area contributed by atoms with Crippen LogP contribution < -0.4 is 9.80 Å². The lowest BCUT2D eigenvalue weighted by Gasteiger charge is -2.29. The van der Waals surface area contributed by atoms with Gasteiger partial charge in [-0.2, -0.15) is 0 Å². The van der Waals surface area contributed by atoms with Gasteiger partial charge in [-0.3, -0.25) is 9.59 Å². The van der Waals surface area contributed by atoms with E-state index in [0.29, 0.717) is 11.1 Å². The summed E-state index contributed by atoms with van der Waals surface area (Å²) >= 11 is 5.81. The standard InChI is InChI=1S/C25H28ClN3O2/c1-27(2)22-9-5-18(6-10-22)13-20-16-29(24(30)15-26)17-21(25(20)31)14-19-7-11-23(12-8-19)28(3)4/h5-14H,15-17H2,1-4H3/b20-13+,21-14+. The number of Topliss-reactive ketones (excluding diaryl/α,β-unsaturated/α-hetero) is 1. The van der Waals surface area contributed by atoms with Gasteiger partial charge in [-0.05, 0) is 47.5 Å². The number of likely N-dealkylation sites (tertiary alicyclic amines) is 1. The Kier molecular flexibility index (Phi) is 7.18. The van der Waals surface area contributed by atoms with E-state index in [9.17, 15) is 9.59 Å². The van der Waals surface area contributed by atoms with Crippen LogP contribution in [0, 0.1) is 0 Å². The maximum absolute atomic E-state index is 13.2. The third-order valence-corrected chi connectivity index (χ3v) is 5.50. The zero-order valence-electron chi connectivity index (χ0n) is 18.4. The molecular weight excluding hydrogens is 410 g/mol. The lowest BCUT2D eigenvalue weighted by molar-refractivity contribution is -0.128. The Balaban J connectivity index is 1.94. The van der Waals surface area contributed by atoms with Gasteiger partial charge >= 0.3 is 0 Å². The van der Waals surface area contributed by atoms with Crippen LogP contribution in [-0.2, 0) is 9.59 Å². The van der Waals surface area contributed by atoms with Gasteiger partial charge < -0.3 is 14.7 Å². The topological polar surface area (TPSA) is 43.9 Å². The van der Waals surface area contributed by atoms with Crippen molar-refractivity contribution in [2.75, 3.05) is 57.0 Å². The molecule has 31 heavy (non-hydrogen) atoms. The summed E-state index contributed by atoms with van der Waals surface area (Å²) in [4.78, 5) is 31.2. The van der Waals surface area contributed by atoms with Gasteiger partial charge in [-0.25, -0.2) is 0 Å². The molecule has 0 aromatic heterocycles. The monoisotopic (exact) mass is 437 g/mol. The first-order chi connectivity index (χ1) is 14.8. The Labute approximate surface area is 189 Å². The number of halogens is 1. The van der Waals surface area contributed by atoms with E-state index in [0.717, 1.165) is 22.5 Å². The van der Waals surface area contributed by atoms with Crippen LogP contribution >= 0.6 is 11.6 Å². The van der Waals surface area contributed by atoms with Gasteiger partial charge in [-0.1, -0.05) is 24.3 Å². The number of anilines is 2. The number of rotatable bonds is 5. The third kappa shape index (κ3) is 5.56. The van der Waals surface area contributed by atoms with Crippen molar-refractivity contribution in [2.45, 2.75) is 0 Å². The first-order valence-electron chi connectivity index (χ1n) is 10.1. The van der Waals surface area contributed by atoms with E-state index in [-0.39, 0.29) is 30.7 Å². The van der Waals surface area contributed by atoms with E-state index >= 15 is 0 Å². The van der Waals surface area contributed by atoms with Gasteiger partial charge in [0.15, 0.2) is 5.78 Å². The fourth-order valence-electron chi connectivity index (χ4n) is 3.44. The largest absolute Gasteiger partial charge is 0.378 e. The molecule has 1 fully saturated rings. The van der Waals surface area contributed by atoms with Crippen LogP contribution in [0.3, 0.4) is 0 Å². The van der Waals surface area contributed by atoms with Crippen molar-refractivity contribution >= 4 is 46.8 Å². The Bertz CT molecular complexity index is 933. The minimum absolute atomic E-state index is 0.0352. The summed E-state index contributed by atoms with van der Waals surface area (Å²) in [6, 6.07) is 15.9. The number of hydrogen-bond acceptors (Lipinski definition) is 4. The Morgan fingerprint density at radius 1 is 0.839 bits per heavy atom. The first kappa shape index (κ1) is 22.6. The highest BCUT2D eigenvalue weighted by atomic mass is 35.5. The average molecular weight is 438 g/mol. The van der Waals surface area contributed by atoms with Crippen LogP contribution in [0.25, 0.3) is 12.2 Å². The van der Waals surface area contributed by atoms with E-state index < -0.39 is 0 Å². The zero-order chi connectivity index (χ0) is 22.5. The first-order valence-corrected chi connectivity index (χ1v) is 10.7. The SMILES string of the molecule is CN(C)c1ccc(/C=C2\CN(C(=O)CCl)C/C(=C\c3ccc(N(C)C)cc3)C2=O)cc1. The number of amides is 1. The van der Waals surface area contributed by atoms with Gasteiger partial charge in [0.05, 0.1) is 0 Å². The molecule has 1 aliphatic rings. The van der Waals surface area contributed by atoms with E-state index in [2.05, 4.69) is 0 Å². The van der Waals surface area contributed by atoms with Crippen LogP contribution in [0.5, 0.6) is 0 Å². The van der Waals surface area contributed by atoms with Gasteiger partial charge in [0.1, 0.15) is 5.88 Å². The number of nitrogens with zero attached hydrogens (tertiary/aromatic N) is 3. The summed E-state index contributed by atoms with van der Waals surface area (Å²) in [6.45, 7) is 0.521. The molecule has 6 heteroatoms. The third-order valence-electron chi connectivity index (χ3n) is 5.27. The van der Waals surface area contributed by atoms with Crippen LogP contribution in [0.15, 0.2) is 59.7 Å². The molecule has 0 radical (unpaired) electrons. The van der Waals surface area contributed by atoms with Crippen molar-refractivity contribution in [1.82, 2.24) is 4.90 Å². The minimum Gasteiger partial charge on any atom is -0.378 e. The number of carbonyl (C=O) groups is 2. The van der Waals surface area contributed by atoms with E-state index in [1.54, 1.807) is 4.90 Å². The van der Waals surface area contributed by atoms with Crippen LogP contribution in [0.4, 0.5) is 11.4 Å². The average Bonchev–Trinajstić information content (AvgIpc) is 2.76. The number of ketones is 1. The molecule has 1 heterocycles. The number of piperidine rings is 1. The Hall–Kier alpha value is -3.05. The fourth-order valence-corrected chi connectivity index (χ4v) is 3.61. The lowest BCUT2D eigenvalue weighted by atomic mass is 9.94. The molecular formula is C25H28ClN3O2. The van der Waals surface area contributed by atoms with Crippen molar-refractivity contribution in [3.8, 4) is 0 Å². The molecule has 0 atom stereocenters. The predicted molar refractivity (Wildman–Crippen MR) is 130 cm³/mol. The molecule has 2 aromatic carbocycles. The molecule has 0 saturated carbocycles. The zero-order valence-corrected chi connectivity index (χ0v) is 19.2. The molecule has 2 aromatic rings. The maximum atomic E-state index is 13.2. The van der Waals surface area contributed by atoms with Crippen LogP contribution in [0.2, 0.25) is 0 Å². The van der Waals surface area contributed by atoms with Crippen molar-refractivity contribution in [2.24, 2.45) is 0 Å². The molecule has 0 bridgehead atoms. The fraction of sp³-hybridized carbons (Fsp3) is 0.280. The summed E-state index contributed by atoms with van der Waals surface area (Å²) in [5.74, 6) is -0.326. The maximum Gasteiger partial charge on any atom is 0.238 e. The van der Waals surface area contributed by atoms with Crippen molar-refractivity contribution in [1.29, 1.82) is 0 Å². The Morgan fingerprint density at radius 2 is 1.23 bits per heavy atom. The molecule has 0 aliphatic carbocycles. The Morgan fingerprint density at radius 3 is 1.55 bits per heavy atom. The number of hydrogen-bond donors (Lipinski definition) is 0. The molecule has 0 spiro atoms. The van der Waals surface area contributed by atoms with Crippen molar-refractivity contribution < 1.29 is 9.59 Å². The number of alkyl halides is 1. The molecule has 0 unspecified atom stereocenters. The highest BCUT2D eigenvalue weighted by Crippen LogP contribution is 2.24. The van der Waals surface area contributed by atoms with Crippen molar-refractivity contribution in [3.05, 3.63) is 70.8 Å². The second-order valence-corrected chi connectivity index (χ2v) is 8.29. The lowest BCUT2D eigenvalue weighted by Crippen LogP contribution is -2.42. The summed E-state index contributed by atoms with van der Waals surface area (Å²) in [5.41, 5.74) is 5.17. The molecule has 1 saturated heterocycles. The van der Waals surface area contributed by atoms with Gasteiger partial charge in [-0.15, -0.1) is 11.6 Å². The molecule has 1 aliphatic heterocycles. The predicted octanol–water partition coefficient (Wildman–Crippen LogP) is 3.94. The second-order valence-electron chi connectivity index (χ2n) is 8.02. The molecule has 1 amide bonds. The second kappa shape index (κ2) is 9.84. The van der Waals surface area contributed by atoms with Crippen molar-refractivity contribution in [3.63, 3.8) is 0 Å². The quantitative estimate of drug-likeness (QED) is 0.525.